The van der Waals surface area contributed by atoms with Crippen molar-refractivity contribution in [3.63, 3.8) is 0 Å². The maximum Gasteiger partial charge on any atom is 0.240 e. The van der Waals surface area contributed by atoms with Crippen molar-refractivity contribution < 1.29 is 13.2 Å². The zero-order valence-electron chi connectivity index (χ0n) is 14.5. The third kappa shape index (κ3) is 4.11. The van der Waals surface area contributed by atoms with E-state index in [1.165, 1.54) is 0 Å². The van der Waals surface area contributed by atoms with Crippen molar-refractivity contribution in [3.05, 3.63) is 48.2 Å². The molecular formula is C18H23N3O3S. The average Bonchev–Trinajstić information content (AvgIpc) is 3.05. The number of rotatable bonds is 6. The van der Waals surface area contributed by atoms with Gasteiger partial charge in [0.2, 0.25) is 10.0 Å². The highest BCUT2D eigenvalue weighted by atomic mass is 32.2. The van der Waals surface area contributed by atoms with E-state index in [2.05, 4.69) is 14.6 Å². The number of aromatic nitrogens is 1. The second-order valence-electron chi connectivity index (χ2n) is 6.10. The molecule has 6 nitrogen and oxygen atoms in total. The number of benzene rings is 1. The van der Waals surface area contributed by atoms with Gasteiger partial charge in [-0.3, -0.25) is 0 Å². The highest BCUT2D eigenvalue weighted by Crippen LogP contribution is 2.23. The summed E-state index contributed by atoms with van der Waals surface area (Å²) in [5.74, 6) is 1.59. The van der Waals surface area contributed by atoms with Gasteiger partial charge in [-0.25, -0.2) is 18.1 Å². The molecule has 1 fully saturated rings. The summed E-state index contributed by atoms with van der Waals surface area (Å²) in [5, 5.41) is 0. The Morgan fingerprint density at radius 1 is 1.32 bits per heavy atom. The summed E-state index contributed by atoms with van der Waals surface area (Å²) in [6, 6.07) is 10.6. The number of hydrogen-bond donors (Lipinski definition) is 1. The first-order valence-corrected chi connectivity index (χ1v) is 9.89. The minimum Gasteiger partial charge on any atom is -0.494 e. The van der Waals surface area contributed by atoms with Crippen molar-refractivity contribution in [1.82, 2.24) is 9.71 Å². The van der Waals surface area contributed by atoms with E-state index in [0.29, 0.717) is 18.9 Å². The van der Waals surface area contributed by atoms with Gasteiger partial charge in [-0.1, -0.05) is 6.07 Å². The molecule has 1 aromatic carbocycles. The van der Waals surface area contributed by atoms with Crippen LogP contribution in [0.3, 0.4) is 0 Å². The van der Waals surface area contributed by atoms with Crippen molar-refractivity contribution >= 4 is 15.8 Å². The van der Waals surface area contributed by atoms with Crippen LogP contribution in [0.5, 0.6) is 5.75 Å². The van der Waals surface area contributed by atoms with E-state index < -0.39 is 10.0 Å². The molecule has 0 amide bonds. The van der Waals surface area contributed by atoms with Gasteiger partial charge in [0.25, 0.3) is 0 Å². The number of ether oxygens (including phenoxy) is 1. The first-order chi connectivity index (χ1) is 12.0. The highest BCUT2D eigenvalue weighted by Gasteiger charge is 2.28. The third-order valence-corrected chi connectivity index (χ3v) is 5.76. The molecule has 1 aliphatic rings. The first-order valence-electron chi connectivity index (χ1n) is 8.41. The topological polar surface area (TPSA) is 71.5 Å². The summed E-state index contributed by atoms with van der Waals surface area (Å²) < 4.78 is 33.6. The van der Waals surface area contributed by atoms with Crippen LogP contribution in [0.25, 0.3) is 0 Å². The first kappa shape index (κ1) is 17.7. The molecule has 1 saturated heterocycles. The largest absolute Gasteiger partial charge is 0.494 e. The number of nitrogens with one attached hydrogen (secondary N) is 1. The number of nitrogens with zero attached hydrogens (tertiary/aromatic N) is 2. The molecule has 0 saturated carbocycles. The summed E-state index contributed by atoms with van der Waals surface area (Å²) in [4.78, 5) is 6.69. The Balaban J connectivity index is 1.69. The maximum atomic E-state index is 12.7. The van der Waals surface area contributed by atoms with E-state index >= 15 is 0 Å². The molecule has 2 aromatic rings. The van der Waals surface area contributed by atoms with E-state index in [4.69, 9.17) is 4.74 Å². The minimum absolute atomic E-state index is 0.126. The molecule has 2 heterocycles. The van der Waals surface area contributed by atoms with Crippen molar-refractivity contribution in [2.24, 2.45) is 0 Å². The Kier molecular flexibility index (Phi) is 5.24. The summed E-state index contributed by atoms with van der Waals surface area (Å²) in [5.41, 5.74) is 0.811. The fraction of sp³-hybridized carbons (Fsp3) is 0.389. The zero-order valence-corrected chi connectivity index (χ0v) is 15.3. The van der Waals surface area contributed by atoms with E-state index in [1.54, 1.807) is 24.4 Å². The predicted molar refractivity (Wildman–Crippen MR) is 97.5 cm³/mol. The fourth-order valence-corrected chi connectivity index (χ4v) is 4.35. The van der Waals surface area contributed by atoms with Gasteiger partial charge in [-0.15, -0.1) is 0 Å². The number of anilines is 1. The molecule has 0 radical (unpaired) electrons. The number of hydrogen-bond acceptors (Lipinski definition) is 5. The molecule has 0 aliphatic carbocycles. The van der Waals surface area contributed by atoms with Crippen LogP contribution < -0.4 is 14.4 Å². The molecular weight excluding hydrogens is 338 g/mol. The van der Waals surface area contributed by atoms with Crippen molar-refractivity contribution in [1.29, 1.82) is 0 Å². The molecule has 1 aromatic heterocycles. The van der Waals surface area contributed by atoms with Crippen molar-refractivity contribution in [2.75, 3.05) is 24.6 Å². The van der Waals surface area contributed by atoms with Gasteiger partial charge in [0.15, 0.2) is 0 Å². The second-order valence-corrected chi connectivity index (χ2v) is 7.82. The number of pyridine rings is 1. The predicted octanol–water partition coefficient (Wildman–Crippen LogP) is 2.35. The SMILES string of the molecule is CCOc1ccc(S(=O)(=O)NC2CCN(c3ccccn3)C2)cc1C. The van der Waals surface area contributed by atoms with Crippen LogP contribution in [-0.4, -0.2) is 39.1 Å². The summed E-state index contributed by atoms with van der Waals surface area (Å²) in [6.45, 7) is 5.71. The number of sulfonamides is 1. The lowest BCUT2D eigenvalue weighted by atomic mass is 10.2. The second kappa shape index (κ2) is 7.41. The average molecular weight is 361 g/mol. The maximum absolute atomic E-state index is 12.7. The van der Waals surface area contributed by atoms with Crippen LogP contribution in [-0.2, 0) is 10.0 Å². The van der Waals surface area contributed by atoms with E-state index in [1.807, 2.05) is 32.0 Å². The van der Waals surface area contributed by atoms with E-state index in [0.717, 1.165) is 24.3 Å². The van der Waals surface area contributed by atoms with Crippen molar-refractivity contribution in [2.45, 2.75) is 31.2 Å². The Bertz CT molecular complexity index is 825. The quantitative estimate of drug-likeness (QED) is 0.855. The summed E-state index contributed by atoms with van der Waals surface area (Å²) >= 11 is 0. The Labute approximate surface area is 148 Å². The van der Waals surface area contributed by atoms with Crippen LogP contribution in [0.15, 0.2) is 47.5 Å². The lowest BCUT2D eigenvalue weighted by molar-refractivity contribution is 0.337. The number of aryl methyl sites for hydroxylation is 1. The molecule has 1 unspecified atom stereocenters. The molecule has 1 N–H and O–H groups in total. The normalized spacial score (nSPS) is 17.7. The standard InChI is InChI=1S/C18H23N3O3S/c1-3-24-17-8-7-16(12-14(17)2)25(22,23)20-15-9-11-21(13-15)18-6-4-5-10-19-18/h4-8,10,12,15,20H,3,9,11,13H2,1-2H3. The molecule has 1 atom stereocenters. The Morgan fingerprint density at radius 3 is 2.84 bits per heavy atom. The van der Waals surface area contributed by atoms with Gasteiger partial charge in [0.1, 0.15) is 11.6 Å². The molecule has 25 heavy (non-hydrogen) atoms. The monoisotopic (exact) mass is 361 g/mol. The molecule has 134 valence electrons. The fourth-order valence-electron chi connectivity index (χ4n) is 3.00. The molecule has 0 bridgehead atoms. The molecule has 7 heteroatoms. The van der Waals surface area contributed by atoms with E-state index in [-0.39, 0.29) is 10.9 Å². The lowest BCUT2D eigenvalue weighted by Gasteiger charge is -2.18. The Hall–Kier alpha value is -2.12. The van der Waals surface area contributed by atoms with Crippen LogP contribution >= 0.6 is 0 Å². The third-order valence-electron chi connectivity index (χ3n) is 4.24. The Morgan fingerprint density at radius 2 is 2.16 bits per heavy atom. The van der Waals surface area contributed by atoms with Crippen LogP contribution in [0.1, 0.15) is 18.9 Å². The van der Waals surface area contributed by atoms with Gasteiger partial charge in [0, 0.05) is 25.3 Å². The lowest BCUT2D eigenvalue weighted by Crippen LogP contribution is -2.37. The van der Waals surface area contributed by atoms with Gasteiger partial charge in [0.05, 0.1) is 11.5 Å². The molecule has 3 rings (SSSR count). The smallest absolute Gasteiger partial charge is 0.240 e. The van der Waals surface area contributed by atoms with Crippen LogP contribution in [0, 0.1) is 6.92 Å². The summed E-state index contributed by atoms with van der Waals surface area (Å²) in [7, 11) is -3.56. The van der Waals surface area contributed by atoms with E-state index in [9.17, 15) is 8.42 Å². The minimum atomic E-state index is -3.56. The van der Waals surface area contributed by atoms with Crippen molar-refractivity contribution in [3.8, 4) is 5.75 Å². The van der Waals surface area contributed by atoms with Gasteiger partial charge >= 0.3 is 0 Å². The molecule has 1 aliphatic heterocycles. The zero-order chi connectivity index (χ0) is 17.9. The van der Waals surface area contributed by atoms with Crippen LogP contribution in [0.2, 0.25) is 0 Å². The molecule has 0 spiro atoms. The van der Waals surface area contributed by atoms with Crippen LogP contribution in [0.4, 0.5) is 5.82 Å². The van der Waals surface area contributed by atoms with Gasteiger partial charge < -0.3 is 9.64 Å². The summed E-state index contributed by atoms with van der Waals surface area (Å²) in [6.07, 6.45) is 2.50. The van der Waals surface area contributed by atoms with Gasteiger partial charge in [-0.2, -0.15) is 0 Å². The highest BCUT2D eigenvalue weighted by molar-refractivity contribution is 7.89. The van der Waals surface area contributed by atoms with Gasteiger partial charge in [-0.05, 0) is 56.2 Å².